The summed E-state index contributed by atoms with van der Waals surface area (Å²) in [5, 5.41) is 0.464. The largest absolute Gasteiger partial charge is 0.342 e. The van der Waals surface area contributed by atoms with Gasteiger partial charge in [-0.2, -0.15) is 0 Å². The lowest BCUT2D eigenvalue weighted by molar-refractivity contribution is 0.520. The Labute approximate surface area is 117 Å². The van der Waals surface area contributed by atoms with E-state index in [4.69, 9.17) is 0 Å². The molecule has 0 bridgehead atoms. The summed E-state index contributed by atoms with van der Waals surface area (Å²) in [6.07, 6.45) is 6.18. The van der Waals surface area contributed by atoms with Gasteiger partial charge in [0.15, 0.2) is 5.43 Å². The van der Waals surface area contributed by atoms with E-state index in [-0.39, 0.29) is 11.2 Å². The number of fused-ring (bicyclic) bond motifs is 1. The molecule has 2 aromatic rings. The molecule has 2 nitrogen and oxygen atoms in total. The molecule has 3 heteroatoms. The van der Waals surface area contributed by atoms with E-state index in [2.05, 4.69) is 11.1 Å². The van der Waals surface area contributed by atoms with Crippen molar-refractivity contribution in [2.75, 3.05) is 0 Å². The van der Waals surface area contributed by atoms with Crippen molar-refractivity contribution in [3.05, 3.63) is 52.1 Å². The molecule has 0 radical (unpaired) electrons. The standard InChI is InChI=1S/C17H18FNO/c1-3-12-9-16-14(10-15(12)18)17(20)8-11(2)19(16)13-6-4-5-7-13/h3,8-10,13H,1,4-7H2,2H3. The van der Waals surface area contributed by atoms with Gasteiger partial charge in [0.1, 0.15) is 5.82 Å². The number of halogens is 1. The lowest BCUT2D eigenvalue weighted by Gasteiger charge is -2.21. The first-order chi connectivity index (χ1) is 9.61. The van der Waals surface area contributed by atoms with Crippen LogP contribution < -0.4 is 5.43 Å². The molecule has 1 aromatic heterocycles. The Bertz CT molecular complexity index is 739. The monoisotopic (exact) mass is 271 g/mol. The summed E-state index contributed by atoms with van der Waals surface area (Å²) < 4.78 is 16.1. The van der Waals surface area contributed by atoms with Gasteiger partial charge in [-0.05, 0) is 31.9 Å². The predicted octanol–water partition coefficient (Wildman–Crippen LogP) is 4.21. The fourth-order valence-corrected chi connectivity index (χ4v) is 3.31. The van der Waals surface area contributed by atoms with E-state index >= 15 is 0 Å². The molecule has 1 heterocycles. The molecule has 0 unspecified atom stereocenters. The Morgan fingerprint density at radius 3 is 2.65 bits per heavy atom. The maximum atomic E-state index is 13.9. The molecule has 1 aromatic carbocycles. The number of nitrogens with zero attached hydrogens (tertiary/aromatic N) is 1. The Balaban J connectivity index is 2.37. The molecule has 0 aliphatic heterocycles. The van der Waals surface area contributed by atoms with E-state index in [0.29, 0.717) is 17.0 Å². The van der Waals surface area contributed by atoms with Gasteiger partial charge in [0.05, 0.1) is 5.52 Å². The molecule has 3 rings (SSSR count). The number of pyridine rings is 1. The van der Waals surface area contributed by atoms with Crippen LogP contribution in [0.1, 0.15) is 43.0 Å². The van der Waals surface area contributed by atoms with Crippen LogP contribution in [0.25, 0.3) is 17.0 Å². The van der Waals surface area contributed by atoms with Crippen molar-refractivity contribution in [1.29, 1.82) is 0 Å². The lowest BCUT2D eigenvalue weighted by Crippen LogP contribution is -2.16. The maximum Gasteiger partial charge on any atom is 0.189 e. The van der Waals surface area contributed by atoms with Crippen LogP contribution >= 0.6 is 0 Å². The van der Waals surface area contributed by atoms with Gasteiger partial charge in [0.2, 0.25) is 0 Å². The highest BCUT2D eigenvalue weighted by atomic mass is 19.1. The van der Waals surface area contributed by atoms with Crippen LogP contribution in [0.5, 0.6) is 0 Å². The van der Waals surface area contributed by atoms with Crippen LogP contribution in [0.3, 0.4) is 0 Å². The topological polar surface area (TPSA) is 22.0 Å². The van der Waals surface area contributed by atoms with Crippen LogP contribution in [0.2, 0.25) is 0 Å². The zero-order chi connectivity index (χ0) is 14.3. The van der Waals surface area contributed by atoms with Crippen molar-refractivity contribution in [3.63, 3.8) is 0 Å². The SMILES string of the molecule is C=Cc1cc2c(cc1F)c(=O)cc(C)n2C1CCCC1. The van der Waals surface area contributed by atoms with Gasteiger partial charge in [0, 0.05) is 28.8 Å². The normalized spacial score (nSPS) is 15.9. The number of hydrogen-bond acceptors (Lipinski definition) is 1. The quantitative estimate of drug-likeness (QED) is 0.802. The third kappa shape index (κ3) is 1.98. The molecule has 20 heavy (non-hydrogen) atoms. The molecule has 0 atom stereocenters. The first kappa shape index (κ1) is 13.1. The van der Waals surface area contributed by atoms with Crippen molar-refractivity contribution in [2.24, 2.45) is 0 Å². The zero-order valence-corrected chi connectivity index (χ0v) is 11.7. The summed E-state index contributed by atoms with van der Waals surface area (Å²) in [6.45, 7) is 5.60. The Hall–Kier alpha value is -1.90. The molecule has 0 amide bonds. The average Bonchev–Trinajstić information content (AvgIpc) is 2.93. The minimum atomic E-state index is -0.383. The number of rotatable bonds is 2. The molecule has 1 aliphatic carbocycles. The van der Waals surface area contributed by atoms with Crippen molar-refractivity contribution in [3.8, 4) is 0 Å². The fourth-order valence-electron chi connectivity index (χ4n) is 3.31. The number of hydrogen-bond donors (Lipinski definition) is 0. The van der Waals surface area contributed by atoms with E-state index in [1.54, 1.807) is 12.1 Å². The van der Waals surface area contributed by atoms with Gasteiger partial charge >= 0.3 is 0 Å². The second-order valence-corrected chi connectivity index (χ2v) is 5.55. The van der Waals surface area contributed by atoms with E-state index in [1.807, 2.05) is 6.92 Å². The number of benzene rings is 1. The highest BCUT2D eigenvalue weighted by molar-refractivity contribution is 5.82. The number of aryl methyl sites for hydroxylation is 1. The van der Waals surface area contributed by atoms with E-state index < -0.39 is 0 Å². The summed E-state index contributed by atoms with van der Waals surface area (Å²) in [5.41, 5.74) is 2.13. The number of aromatic nitrogens is 1. The molecular weight excluding hydrogens is 253 g/mol. The van der Waals surface area contributed by atoms with Crippen molar-refractivity contribution in [2.45, 2.75) is 38.6 Å². The third-order valence-corrected chi connectivity index (χ3v) is 4.27. The van der Waals surface area contributed by atoms with Crippen LogP contribution in [0, 0.1) is 12.7 Å². The summed E-state index contributed by atoms with van der Waals surface area (Å²) in [6, 6.07) is 5.14. The van der Waals surface area contributed by atoms with Crippen LogP contribution in [-0.2, 0) is 0 Å². The van der Waals surface area contributed by atoms with Crippen molar-refractivity contribution >= 4 is 17.0 Å². The molecule has 1 fully saturated rings. The third-order valence-electron chi connectivity index (χ3n) is 4.27. The molecule has 1 aliphatic rings. The highest BCUT2D eigenvalue weighted by Crippen LogP contribution is 2.33. The minimum absolute atomic E-state index is 0.110. The maximum absolute atomic E-state index is 13.9. The molecule has 1 saturated carbocycles. The summed E-state index contributed by atoms with van der Waals surface area (Å²) in [5.74, 6) is -0.383. The van der Waals surface area contributed by atoms with Gasteiger partial charge in [-0.25, -0.2) is 4.39 Å². The first-order valence-electron chi connectivity index (χ1n) is 7.09. The average molecular weight is 271 g/mol. The van der Waals surface area contributed by atoms with E-state index in [9.17, 15) is 9.18 Å². The summed E-state index contributed by atoms with van der Waals surface area (Å²) >= 11 is 0. The zero-order valence-electron chi connectivity index (χ0n) is 11.7. The molecule has 104 valence electrons. The Morgan fingerprint density at radius 1 is 1.30 bits per heavy atom. The van der Waals surface area contributed by atoms with E-state index in [0.717, 1.165) is 24.1 Å². The highest BCUT2D eigenvalue weighted by Gasteiger charge is 2.20. The Kier molecular flexibility index (Phi) is 3.20. The van der Waals surface area contributed by atoms with Crippen LogP contribution in [0.15, 0.2) is 29.6 Å². The minimum Gasteiger partial charge on any atom is -0.342 e. The van der Waals surface area contributed by atoms with Crippen LogP contribution in [0.4, 0.5) is 4.39 Å². The van der Waals surface area contributed by atoms with E-state index in [1.165, 1.54) is 25.0 Å². The molecule has 0 saturated heterocycles. The van der Waals surface area contributed by atoms with Crippen molar-refractivity contribution in [1.82, 2.24) is 4.57 Å². The lowest BCUT2D eigenvalue weighted by atomic mass is 10.1. The first-order valence-corrected chi connectivity index (χ1v) is 7.09. The van der Waals surface area contributed by atoms with Gasteiger partial charge < -0.3 is 4.57 Å². The van der Waals surface area contributed by atoms with Crippen molar-refractivity contribution < 1.29 is 4.39 Å². The smallest absolute Gasteiger partial charge is 0.189 e. The van der Waals surface area contributed by atoms with Gasteiger partial charge in [-0.3, -0.25) is 4.79 Å². The second kappa shape index (κ2) is 4.89. The molecule has 0 N–H and O–H groups in total. The van der Waals surface area contributed by atoms with Gasteiger partial charge in [-0.15, -0.1) is 0 Å². The second-order valence-electron chi connectivity index (χ2n) is 5.55. The van der Waals surface area contributed by atoms with Gasteiger partial charge in [0.25, 0.3) is 0 Å². The fraction of sp³-hybridized carbons (Fsp3) is 0.353. The van der Waals surface area contributed by atoms with Gasteiger partial charge in [-0.1, -0.05) is 25.5 Å². The molecular formula is C17H18FNO. The molecule has 0 spiro atoms. The summed E-state index contributed by atoms with van der Waals surface area (Å²) in [4.78, 5) is 12.1. The summed E-state index contributed by atoms with van der Waals surface area (Å²) in [7, 11) is 0. The Morgan fingerprint density at radius 2 is 2.00 bits per heavy atom. The predicted molar refractivity (Wildman–Crippen MR) is 80.5 cm³/mol. The van der Waals surface area contributed by atoms with Crippen LogP contribution in [-0.4, -0.2) is 4.57 Å².